The van der Waals surface area contributed by atoms with E-state index in [-0.39, 0.29) is 67.5 Å². The van der Waals surface area contributed by atoms with Gasteiger partial charge in [-0.1, -0.05) is 0 Å². The summed E-state index contributed by atoms with van der Waals surface area (Å²) in [7, 11) is 0. The minimum Gasteiger partial charge on any atom is -0.389 e. The summed E-state index contributed by atoms with van der Waals surface area (Å²) >= 11 is -1.56. The predicted octanol–water partition coefficient (Wildman–Crippen LogP) is 5.58. The predicted molar refractivity (Wildman–Crippen MR) is 161 cm³/mol. The van der Waals surface area contributed by atoms with Gasteiger partial charge in [0.2, 0.25) is 0 Å². The lowest BCUT2D eigenvalue weighted by atomic mass is 10.1. The molecule has 4 aliphatic rings. The Labute approximate surface area is 272 Å². The molecule has 4 aliphatic heterocycles. The molecule has 49 heavy (non-hydrogen) atoms. The number of aliphatic imine (C=N–C) groups is 4. The number of nitrogens with zero attached hydrogens (tertiary/aromatic N) is 8. The summed E-state index contributed by atoms with van der Waals surface area (Å²) < 4.78 is 124. The maximum absolute atomic E-state index is 15.4. The summed E-state index contributed by atoms with van der Waals surface area (Å²) in [5, 5.41) is -0.248. The van der Waals surface area contributed by atoms with Crippen LogP contribution in [0.1, 0.15) is 22.3 Å². The van der Waals surface area contributed by atoms with Gasteiger partial charge in [-0.25, -0.2) is 65.1 Å². The van der Waals surface area contributed by atoms with Gasteiger partial charge in [0, 0.05) is 21.5 Å². The lowest BCUT2D eigenvalue weighted by Gasteiger charge is -2.11. The molecule has 0 amide bonds. The van der Waals surface area contributed by atoms with Crippen molar-refractivity contribution in [2.45, 2.75) is 0 Å². The van der Waals surface area contributed by atoms with Gasteiger partial charge in [-0.15, -0.1) is 0 Å². The number of hydrogen-bond donors (Lipinski definition) is 0. The second-order valence-electron chi connectivity index (χ2n) is 11.3. The number of halogens is 8. The van der Waals surface area contributed by atoms with Crippen molar-refractivity contribution in [1.29, 1.82) is 0 Å². The molecular formula is C32H8AlF8N8. The molecule has 2 aromatic heterocycles. The molecule has 6 heterocycles. The van der Waals surface area contributed by atoms with Crippen molar-refractivity contribution in [3.63, 3.8) is 0 Å². The zero-order valence-corrected chi connectivity index (χ0v) is 25.0. The highest BCUT2D eigenvalue weighted by molar-refractivity contribution is 6.37. The van der Waals surface area contributed by atoms with E-state index < -0.39 is 84.5 Å². The average molecular weight is 683 g/mol. The standard InChI is InChI=1S/C32H8F8N8.Al/c33-13-1-2-14(34)22-21(13)29-43-25-9-5-17(37)18(38)6-10(9)27(41-25)45-31-23-15(35)3-4-16(36)24(23)32(48-31)46-28-12-8-20(40)19(39)7-11(12)26(42-28)44-30(22)47-29;/h1-8H;/q-2;+2. The molecule has 0 spiro atoms. The van der Waals surface area contributed by atoms with Crippen LogP contribution >= 0.6 is 0 Å². The summed E-state index contributed by atoms with van der Waals surface area (Å²) in [4.78, 5) is 26.7. The van der Waals surface area contributed by atoms with Crippen molar-refractivity contribution in [2.24, 2.45) is 30.0 Å². The molecule has 0 saturated heterocycles. The van der Waals surface area contributed by atoms with Gasteiger partial charge in [-0.3, -0.25) is 0 Å². The van der Waals surface area contributed by atoms with Gasteiger partial charge in [-0.2, -0.15) is 0 Å². The molecule has 8 nitrogen and oxygen atoms in total. The zero-order valence-electron chi connectivity index (χ0n) is 23.8. The van der Waals surface area contributed by atoms with E-state index in [2.05, 4.69) is 30.0 Å². The summed E-state index contributed by atoms with van der Waals surface area (Å²) in [6.07, 6.45) is 0. The molecule has 6 aromatic rings. The van der Waals surface area contributed by atoms with E-state index in [1.165, 1.54) is 7.10 Å². The fourth-order valence-corrected chi connectivity index (χ4v) is 7.93. The van der Waals surface area contributed by atoms with Crippen LogP contribution in [0, 0.1) is 46.5 Å². The van der Waals surface area contributed by atoms with E-state index in [1.807, 2.05) is 0 Å². The van der Waals surface area contributed by atoms with Gasteiger partial charge in [0.25, 0.3) is 0 Å². The fourth-order valence-electron chi connectivity index (χ4n) is 6.47. The highest BCUT2D eigenvalue weighted by Crippen LogP contribution is 2.41. The maximum atomic E-state index is 15.4. The van der Waals surface area contributed by atoms with Crippen LogP contribution in [0.15, 0.2) is 78.5 Å². The third-order valence-electron chi connectivity index (χ3n) is 8.60. The Hall–Kier alpha value is -5.79. The van der Waals surface area contributed by atoms with E-state index in [0.717, 1.165) is 48.5 Å². The summed E-state index contributed by atoms with van der Waals surface area (Å²) in [5.74, 6) is -10.7. The number of rotatable bonds is 0. The molecular weight excluding hydrogens is 675 g/mol. The van der Waals surface area contributed by atoms with Crippen LogP contribution in [0.4, 0.5) is 46.8 Å². The molecule has 1 radical (unpaired) electrons. The van der Waals surface area contributed by atoms with Gasteiger partial charge >= 0.3 is 15.7 Å². The second-order valence-corrected chi connectivity index (χ2v) is 12.6. The Kier molecular flexibility index (Phi) is 5.43. The summed E-state index contributed by atoms with van der Waals surface area (Å²) in [6.45, 7) is 0. The lowest BCUT2D eigenvalue weighted by Crippen LogP contribution is -2.36. The average Bonchev–Trinajstić information content (AvgIpc) is 3.76. The van der Waals surface area contributed by atoms with Crippen molar-refractivity contribution in [3.8, 4) is 0 Å². The largest absolute Gasteiger partial charge is 0.568 e. The third-order valence-corrected chi connectivity index (χ3v) is 10.0. The van der Waals surface area contributed by atoms with E-state index in [0.29, 0.717) is 0 Å². The Morgan fingerprint density at radius 3 is 1.06 bits per heavy atom. The minimum absolute atomic E-state index is 0.0620. The molecule has 0 fully saturated rings. The van der Waals surface area contributed by atoms with Gasteiger partial charge < -0.3 is 7.10 Å². The first kappa shape index (κ1) is 28.2. The van der Waals surface area contributed by atoms with Gasteiger partial charge in [-0.05, 0) is 48.5 Å². The molecule has 10 rings (SSSR count). The Balaban J connectivity index is 1.50. The molecule has 4 aromatic carbocycles. The van der Waals surface area contributed by atoms with Crippen LogP contribution in [0.5, 0.6) is 0 Å². The lowest BCUT2D eigenvalue weighted by molar-refractivity contribution is 0.511. The van der Waals surface area contributed by atoms with Gasteiger partial charge in [0.1, 0.15) is 45.9 Å². The van der Waals surface area contributed by atoms with Gasteiger partial charge in [0.15, 0.2) is 46.6 Å². The van der Waals surface area contributed by atoms with Crippen molar-refractivity contribution in [3.05, 3.63) is 128 Å². The number of aromatic nitrogens is 2. The van der Waals surface area contributed by atoms with Crippen molar-refractivity contribution >= 4 is 72.2 Å². The fraction of sp³-hybridized carbons (Fsp3) is 0. The number of benzene rings is 4. The topological polar surface area (TPSA) is 84.0 Å². The maximum Gasteiger partial charge on any atom is 0.568 e. The van der Waals surface area contributed by atoms with Crippen LogP contribution in [0.25, 0.3) is 21.5 Å². The van der Waals surface area contributed by atoms with Crippen LogP contribution in [0.3, 0.4) is 0 Å². The third kappa shape index (κ3) is 3.68. The number of hydrogen-bond acceptors (Lipinski definition) is 6. The monoisotopic (exact) mass is 683 g/mol. The highest BCUT2D eigenvalue weighted by Gasteiger charge is 2.35. The van der Waals surface area contributed by atoms with E-state index in [4.69, 9.17) is 0 Å². The SMILES string of the molecule is Fc1cc2c3[n]4c(c2cc1F)N=C1N=C(N=c2c5cc(F)c(F)cc5c([n]2[Al]4)=NC2=NC(=N3)c3c(F)ccc(F)c32)c2c(F)ccc(F)c21. The molecule has 0 aliphatic carbocycles. The van der Waals surface area contributed by atoms with Crippen LogP contribution < -0.4 is 11.0 Å². The highest BCUT2D eigenvalue weighted by atomic mass is 27.1. The summed E-state index contributed by atoms with van der Waals surface area (Å²) in [5.41, 5.74) is -1.88. The van der Waals surface area contributed by atoms with Crippen LogP contribution in [-0.4, -0.2) is 46.1 Å². The Morgan fingerprint density at radius 1 is 0.367 bits per heavy atom. The first-order valence-electron chi connectivity index (χ1n) is 14.2. The van der Waals surface area contributed by atoms with Crippen LogP contribution in [-0.2, 0) is 0 Å². The van der Waals surface area contributed by atoms with E-state index >= 15 is 17.6 Å². The number of fused-ring (bicyclic) bond motifs is 14. The van der Waals surface area contributed by atoms with Crippen LogP contribution in [0.2, 0.25) is 0 Å². The minimum atomic E-state index is -1.56. The zero-order chi connectivity index (χ0) is 33.6. The molecule has 0 atom stereocenters. The Bertz CT molecular complexity index is 2710. The first-order valence-corrected chi connectivity index (χ1v) is 15.3. The molecule has 0 N–H and O–H groups in total. The second kappa shape index (κ2) is 9.43. The molecule has 6 bridgehead atoms. The normalized spacial score (nSPS) is 15.1. The van der Waals surface area contributed by atoms with E-state index in [1.54, 1.807) is 0 Å². The van der Waals surface area contributed by atoms with Crippen molar-refractivity contribution in [2.75, 3.05) is 0 Å². The smallest absolute Gasteiger partial charge is 0.389 e. The van der Waals surface area contributed by atoms with Crippen molar-refractivity contribution < 1.29 is 35.1 Å². The quantitative estimate of drug-likeness (QED) is 0.148. The molecule has 0 saturated carbocycles. The molecule has 235 valence electrons. The molecule has 17 heteroatoms. The van der Waals surface area contributed by atoms with Gasteiger partial charge in [0.05, 0.1) is 22.3 Å². The molecule has 0 unspecified atom stereocenters. The Morgan fingerprint density at radius 2 is 0.694 bits per heavy atom. The van der Waals surface area contributed by atoms with Crippen molar-refractivity contribution in [1.82, 2.24) is 7.10 Å². The summed E-state index contributed by atoms with van der Waals surface area (Å²) in [6, 6.07) is 6.70. The number of amidine groups is 4. The first-order chi connectivity index (χ1) is 23.6. The van der Waals surface area contributed by atoms with E-state index in [9.17, 15) is 17.6 Å².